The van der Waals surface area contributed by atoms with E-state index in [4.69, 9.17) is 23.4 Å². The van der Waals surface area contributed by atoms with Crippen LogP contribution in [0.5, 0.6) is 28.7 Å². The molecule has 2 aromatic carbocycles. The summed E-state index contributed by atoms with van der Waals surface area (Å²) < 4.78 is 27.0. The number of ether oxygens (including phenoxy) is 4. The zero-order valence-corrected chi connectivity index (χ0v) is 14.8. The molecule has 1 heterocycles. The lowest BCUT2D eigenvalue weighted by atomic mass is 10.1. The molecule has 0 aliphatic carbocycles. The summed E-state index contributed by atoms with van der Waals surface area (Å²) in [6.45, 7) is 0. The van der Waals surface area contributed by atoms with E-state index >= 15 is 0 Å². The predicted octanol–water partition coefficient (Wildman–Crippen LogP) is 3.20. The number of benzene rings is 2. The Morgan fingerprint density at radius 3 is 2.23 bits per heavy atom. The highest BCUT2D eigenvalue weighted by Gasteiger charge is 2.23. The van der Waals surface area contributed by atoms with Gasteiger partial charge < -0.3 is 28.5 Å². The fourth-order valence-corrected chi connectivity index (χ4v) is 2.75. The Bertz CT molecular complexity index is 1020. The minimum atomic E-state index is -0.555. The Morgan fingerprint density at radius 2 is 1.62 bits per heavy atom. The molecule has 0 bridgehead atoms. The van der Waals surface area contributed by atoms with E-state index in [2.05, 4.69) is 0 Å². The lowest BCUT2D eigenvalue weighted by molar-refractivity contribution is 0.324. The van der Waals surface area contributed by atoms with Gasteiger partial charge in [0.1, 0.15) is 11.3 Å². The normalized spacial score (nSPS) is 10.6. The summed E-state index contributed by atoms with van der Waals surface area (Å²) in [6, 6.07) is 7.98. The van der Waals surface area contributed by atoms with E-state index in [1.54, 1.807) is 24.3 Å². The van der Waals surface area contributed by atoms with E-state index in [1.807, 2.05) is 0 Å². The molecule has 136 valence electrons. The Labute approximate surface area is 149 Å². The van der Waals surface area contributed by atoms with Gasteiger partial charge in [0, 0.05) is 6.07 Å². The van der Waals surface area contributed by atoms with E-state index in [0.29, 0.717) is 22.8 Å². The highest BCUT2D eigenvalue weighted by Crippen LogP contribution is 2.46. The molecule has 3 aromatic rings. The second kappa shape index (κ2) is 6.87. The number of hydrogen-bond acceptors (Lipinski definition) is 7. The molecule has 0 spiro atoms. The third kappa shape index (κ3) is 2.67. The van der Waals surface area contributed by atoms with Gasteiger partial charge in [0.25, 0.3) is 0 Å². The number of hydrogen-bond donors (Lipinski definition) is 1. The predicted molar refractivity (Wildman–Crippen MR) is 95.8 cm³/mol. The summed E-state index contributed by atoms with van der Waals surface area (Å²) in [6.07, 6.45) is 0. The van der Waals surface area contributed by atoms with Crippen molar-refractivity contribution >= 4 is 11.0 Å². The van der Waals surface area contributed by atoms with Crippen molar-refractivity contribution < 1.29 is 28.5 Å². The third-order valence-corrected chi connectivity index (χ3v) is 4.02. The van der Waals surface area contributed by atoms with Crippen LogP contribution >= 0.6 is 0 Å². The fraction of sp³-hybridized carbons (Fsp3) is 0.211. The van der Waals surface area contributed by atoms with Gasteiger partial charge in [-0.3, -0.25) is 4.79 Å². The molecular weight excluding hydrogens is 340 g/mol. The topological polar surface area (TPSA) is 87.4 Å². The van der Waals surface area contributed by atoms with Crippen LogP contribution in [0.25, 0.3) is 22.3 Å². The maximum Gasteiger partial charge on any atom is 0.235 e. The lowest BCUT2D eigenvalue weighted by Gasteiger charge is -2.16. The molecule has 0 saturated heterocycles. The average molecular weight is 358 g/mol. The van der Waals surface area contributed by atoms with Crippen molar-refractivity contribution in [2.75, 3.05) is 28.4 Å². The number of fused-ring (bicyclic) bond motifs is 1. The first kappa shape index (κ1) is 17.5. The molecule has 0 fully saturated rings. The van der Waals surface area contributed by atoms with Gasteiger partial charge in [-0.1, -0.05) is 0 Å². The minimum absolute atomic E-state index is 0.0337. The van der Waals surface area contributed by atoms with Crippen molar-refractivity contribution in [2.24, 2.45) is 0 Å². The van der Waals surface area contributed by atoms with Crippen LogP contribution in [0.15, 0.2) is 39.5 Å². The van der Waals surface area contributed by atoms with Gasteiger partial charge >= 0.3 is 0 Å². The lowest BCUT2D eigenvalue weighted by Crippen LogP contribution is -2.04. The molecule has 26 heavy (non-hydrogen) atoms. The highest BCUT2D eigenvalue weighted by molar-refractivity contribution is 5.85. The van der Waals surface area contributed by atoms with Crippen LogP contribution in [-0.4, -0.2) is 33.5 Å². The molecule has 0 atom stereocenters. The molecule has 7 nitrogen and oxygen atoms in total. The Morgan fingerprint density at radius 1 is 0.885 bits per heavy atom. The Kier molecular flexibility index (Phi) is 4.62. The van der Waals surface area contributed by atoms with Crippen LogP contribution in [-0.2, 0) is 0 Å². The molecule has 0 saturated carbocycles. The van der Waals surface area contributed by atoms with Crippen LogP contribution < -0.4 is 24.4 Å². The summed E-state index contributed by atoms with van der Waals surface area (Å²) in [5, 5.41) is 10.7. The van der Waals surface area contributed by atoms with E-state index in [0.717, 1.165) is 0 Å². The van der Waals surface area contributed by atoms with Crippen LogP contribution in [0.2, 0.25) is 0 Å². The van der Waals surface area contributed by atoms with Crippen molar-refractivity contribution in [3.05, 3.63) is 40.6 Å². The van der Waals surface area contributed by atoms with Crippen LogP contribution in [0.3, 0.4) is 0 Å². The van der Waals surface area contributed by atoms with Crippen molar-refractivity contribution in [1.29, 1.82) is 0 Å². The summed E-state index contributed by atoms with van der Waals surface area (Å²) >= 11 is 0. The molecule has 0 amide bonds. The maximum absolute atomic E-state index is 12.6. The quantitative estimate of drug-likeness (QED) is 0.749. The molecule has 0 unspecified atom stereocenters. The van der Waals surface area contributed by atoms with Crippen LogP contribution in [0, 0.1) is 0 Å². The van der Waals surface area contributed by atoms with E-state index in [1.165, 1.54) is 34.5 Å². The van der Waals surface area contributed by atoms with Gasteiger partial charge in [0.05, 0.1) is 39.4 Å². The molecule has 1 N–H and O–H groups in total. The third-order valence-electron chi connectivity index (χ3n) is 4.02. The van der Waals surface area contributed by atoms with Gasteiger partial charge in [-0.25, -0.2) is 0 Å². The van der Waals surface area contributed by atoms with Crippen LogP contribution in [0.4, 0.5) is 0 Å². The van der Waals surface area contributed by atoms with Crippen molar-refractivity contribution in [3.63, 3.8) is 0 Å². The van der Waals surface area contributed by atoms with Gasteiger partial charge in [-0.05, 0) is 24.3 Å². The second-order valence-electron chi connectivity index (χ2n) is 5.35. The maximum atomic E-state index is 12.6. The molecule has 7 heteroatoms. The first-order chi connectivity index (χ1) is 12.5. The first-order valence-corrected chi connectivity index (χ1v) is 7.68. The van der Waals surface area contributed by atoms with Crippen molar-refractivity contribution in [2.45, 2.75) is 0 Å². The monoisotopic (exact) mass is 358 g/mol. The number of aromatic hydroxyl groups is 1. The summed E-state index contributed by atoms with van der Waals surface area (Å²) in [4.78, 5) is 12.6. The van der Waals surface area contributed by atoms with Gasteiger partial charge in [0.15, 0.2) is 17.3 Å². The Hall–Kier alpha value is -3.35. The van der Waals surface area contributed by atoms with Crippen molar-refractivity contribution in [1.82, 2.24) is 0 Å². The summed E-state index contributed by atoms with van der Waals surface area (Å²) in [5.41, 5.74) is 0.0733. The number of rotatable bonds is 5. The van der Waals surface area contributed by atoms with E-state index in [-0.39, 0.29) is 22.5 Å². The van der Waals surface area contributed by atoms with E-state index < -0.39 is 11.2 Å². The summed E-state index contributed by atoms with van der Waals surface area (Å²) in [7, 11) is 5.92. The molecule has 0 aliphatic rings. The zero-order valence-electron chi connectivity index (χ0n) is 14.8. The van der Waals surface area contributed by atoms with Crippen molar-refractivity contribution in [3.8, 4) is 40.1 Å². The van der Waals surface area contributed by atoms with E-state index in [9.17, 15) is 9.90 Å². The standard InChI is InChI=1S/C19H18O7/c1-22-10-5-6-11-14(9-10)26-17(16(21)15(11)20)12-7-8-13(23-2)19(25-4)18(12)24-3/h5-9,21H,1-4H3. The smallest absolute Gasteiger partial charge is 0.235 e. The number of methoxy groups -OCH3 is 4. The van der Waals surface area contributed by atoms with Gasteiger partial charge in [0.2, 0.25) is 16.9 Å². The molecule has 0 radical (unpaired) electrons. The highest BCUT2D eigenvalue weighted by atomic mass is 16.5. The molecule has 3 rings (SSSR count). The Balaban J connectivity index is 2.35. The molecule has 0 aliphatic heterocycles. The summed E-state index contributed by atoms with van der Waals surface area (Å²) in [5.74, 6) is 1.00. The minimum Gasteiger partial charge on any atom is -0.502 e. The van der Waals surface area contributed by atoms with Gasteiger partial charge in [-0.15, -0.1) is 0 Å². The average Bonchev–Trinajstić information content (AvgIpc) is 2.68. The fourth-order valence-electron chi connectivity index (χ4n) is 2.75. The molecular formula is C19H18O7. The first-order valence-electron chi connectivity index (χ1n) is 7.68. The van der Waals surface area contributed by atoms with Gasteiger partial charge in [-0.2, -0.15) is 0 Å². The second-order valence-corrected chi connectivity index (χ2v) is 5.35. The SMILES string of the molecule is COc1ccc2c(=O)c(O)c(-c3ccc(OC)c(OC)c3OC)oc2c1. The molecule has 1 aromatic heterocycles. The zero-order chi connectivity index (χ0) is 18.8. The van der Waals surface area contributed by atoms with Crippen LogP contribution in [0.1, 0.15) is 0 Å². The largest absolute Gasteiger partial charge is 0.502 e.